The van der Waals surface area contributed by atoms with Crippen LogP contribution in [0.2, 0.25) is 0 Å². The standard InChI is InChI=1S/C19H16N2O3S/c1-11-8-12(18-20-14-4-2-3-5-16(14)25-18)6-7-15(11)21-10-13(19(23)24)9-17(21)22/h2-8,13H,9-10H2,1H3,(H,23,24). The Morgan fingerprint density at radius 1 is 1.28 bits per heavy atom. The molecule has 1 fully saturated rings. The predicted molar refractivity (Wildman–Crippen MR) is 97.9 cm³/mol. The van der Waals surface area contributed by atoms with Crippen LogP contribution in [0.5, 0.6) is 0 Å². The van der Waals surface area contributed by atoms with E-state index >= 15 is 0 Å². The van der Waals surface area contributed by atoms with E-state index in [1.165, 1.54) is 0 Å². The van der Waals surface area contributed by atoms with Crippen molar-refractivity contribution < 1.29 is 14.7 Å². The van der Waals surface area contributed by atoms with Crippen LogP contribution < -0.4 is 4.90 Å². The molecule has 2 heterocycles. The highest BCUT2D eigenvalue weighted by Crippen LogP contribution is 2.34. The molecule has 1 aliphatic heterocycles. The van der Waals surface area contributed by atoms with Crippen molar-refractivity contribution >= 4 is 39.1 Å². The lowest BCUT2D eigenvalue weighted by molar-refractivity contribution is -0.141. The van der Waals surface area contributed by atoms with Crippen molar-refractivity contribution in [2.75, 3.05) is 11.4 Å². The first-order valence-corrected chi connectivity index (χ1v) is 8.84. The van der Waals surface area contributed by atoms with E-state index in [2.05, 4.69) is 4.98 Å². The summed E-state index contributed by atoms with van der Waals surface area (Å²) < 4.78 is 1.14. The number of aryl methyl sites for hydroxylation is 1. The number of fused-ring (bicyclic) bond motifs is 1. The molecule has 25 heavy (non-hydrogen) atoms. The maximum atomic E-state index is 12.2. The molecule has 1 unspecified atom stereocenters. The molecule has 0 saturated carbocycles. The van der Waals surface area contributed by atoms with Crippen LogP contribution in [0.1, 0.15) is 12.0 Å². The number of amides is 1. The Balaban J connectivity index is 1.67. The number of aliphatic carboxylic acids is 1. The van der Waals surface area contributed by atoms with Crippen LogP contribution >= 0.6 is 11.3 Å². The van der Waals surface area contributed by atoms with Gasteiger partial charge < -0.3 is 10.0 Å². The Kier molecular flexibility index (Phi) is 3.77. The van der Waals surface area contributed by atoms with Gasteiger partial charge in [0.15, 0.2) is 0 Å². The quantitative estimate of drug-likeness (QED) is 0.780. The molecule has 0 bridgehead atoms. The Bertz CT molecular complexity index is 962. The maximum Gasteiger partial charge on any atom is 0.308 e. The molecule has 1 aromatic heterocycles. The minimum Gasteiger partial charge on any atom is -0.481 e. The third kappa shape index (κ3) is 2.78. The van der Waals surface area contributed by atoms with E-state index in [0.29, 0.717) is 0 Å². The molecule has 4 rings (SSSR count). The van der Waals surface area contributed by atoms with Gasteiger partial charge in [0.25, 0.3) is 0 Å². The van der Waals surface area contributed by atoms with Crippen molar-refractivity contribution in [3.63, 3.8) is 0 Å². The highest BCUT2D eigenvalue weighted by atomic mass is 32.1. The van der Waals surface area contributed by atoms with E-state index in [-0.39, 0.29) is 18.9 Å². The maximum absolute atomic E-state index is 12.2. The number of anilines is 1. The third-order valence-corrected chi connectivity index (χ3v) is 5.59. The van der Waals surface area contributed by atoms with Crippen LogP contribution in [0.4, 0.5) is 5.69 Å². The van der Waals surface area contributed by atoms with E-state index in [9.17, 15) is 9.59 Å². The second-order valence-corrected chi connectivity index (χ2v) is 7.26. The average Bonchev–Trinajstić information content (AvgIpc) is 3.18. The minimum atomic E-state index is -0.917. The largest absolute Gasteiger partial charge is 0.481 e. The molecule has 1 aliphatic rings. The van der Waals surface area contributed by atoms with Crippen molar-refractivity contribution in [1.29, 1.82) is 0 Å². The zero-order valence-corrected chi connectivity index (χ0v) is 14.4. The summed E-state index contributed by atoms with van der Waals surface area (Å²) in [6.07, 6.45) is 0.0639. The molecule has 5 nitrogen and oxygen atoms in total. The Morgan fingerprint density at radius 2 is 2.08 bits per heavy atom. The monoisotopic (exact) mass is 352 g/mol. The molecule has 126 valence electrons. The van der Waals surface area contributed by atoms with E-state index < -0.39 is 11.9 Å². The number of nitrogens with zero attached hydrogens (tertiary/aromatic N) is 2. The zero-order valence-electron chi connectivity index (χ0n) is 13.6. The van der Waals surface area contributed by atoms with E-state index in [4.69, 9.17) is 5.11 Å². The number of carboxylic acid groups (broad SMARTS) is 1. The molecule has 3 aromatic rings. The van der Waals surface area contributed by atoms with Gasteiger partial charge in [-0.2, -0.15) is 0 Å². The number of carbonyl (C=O) groups excluding carboxylic acids is 1. The molecule has 1 amide bonds. The number of thiazole rings is 1. The first-order chi connectivity index (χ1) is 12.0. The van der Waals surface area contributed by atoms with Gasteiger partial charge in [0.2, 0.25) is 5.91 Å². The Morgan fingerprint density at radius 3 is 2.76 bits per heavy atom. The van der Waals surface area contributed by atoms with Gasteiger partial charge in [-0.25, -0.2) is 4.98 Å². The second kappa shape index (κ2) is 5.97. The second-order valence-electron chi connectivity index (χ2n) is 6.23. The topological polar surface area (TPSA) is 70.5 Å². The van der Waals surface area contributed by atoms with Crippen LogP contribution in [0, 0.1) is 12.8 Å². The van der Waals surface area contributed by atoms with Gasteiger partial charge in [-0.05, 0) is 42.8 Å². The summed E-state index contributed by atoms with van der Waals surface area (Å²) in [5.41, 5.74) is 3.70. The van der Waals surface area contributed by atoms with Gasteiger partial charge >= 0.3 is 5.97 Å². The zero-order chi connectivity index (χ0) is 17.6. The fourth-order valence-corrected chi connectivity index (χ4v) is 4.15. The summed E-state index contributed by atoms with van der Waals surface area (Å²) >= 11 is 1.63. The first kappa shape index (κ1) is 15.8. The van der Waals surface area contributed by atoms with Crippen LogP contribution in [0.25, 0.3) is 20.8 Å². The number of hydrogen-bond acceptors (Lipinski definition) is 4. The molecule has 1 saturated heterocycles. The number of carbonyl (C=O) groups is 2. The lowest BCUT2D eigenvalue weighted by Crippen LogP contribution is -2.26. The fourth-order valence-electron chi connectivity index (χ4n) is 3.19. The summed E-state index contributed by atoms with van der Waals surface area (Å²) in [6, 6.07) is 13.8. The summed E-state index contributed by atoms with van der Waals surface area (Å²) in [7, 11) is 0. The van der Waals surface area contributed by atoms with Gasteiger partial charge in [0, 0.05) is 24.2 Å². The minimum absolute atomic E-state index is 0.0639. The van der Waals surface area contributed by atoms with Gasteiger partial charge in [0.1, 0.15) is 5.01 Å². The molecule has 6 heteroatoms. The summed E-state index contributed by atoms with van der Waals surface area (Å²) in [5.74, 6) is -1.68. The lowest BCUT2D eigenvalue weighted by Gasteiger charge is -2.19. The van der Waals surface area contributed by atoms with E-state index in [0.717, 1.165) is 32.0 Å². The number of benzene rings is 2. The number of hydrogen-bond donors (Lipinski definition) is 1. The molecule has 2 aromatic carbocycles. The molecule has 0 aliphatic carbocycles. The molecule has 0 spiro atoms. The van der Waals surface area contributed by atoms with Crippen molar-refractivity contribution in [3.05, 3.63) is 48.0 Å². The summed E-state index contributed by atoms with van der Waals surface area (Å²) in [4.78, 5) is 29.6. The van der Waals surface area contributed by atoms with E-state index in [1.54, 1.807) is 16.2 Å². The van der Waals surface area contributed by atoms with Crippen molar-refractivity contribution in [2.24, 2.45) is 5.92 Å². The summed E-state index contributed by atoms with van der Waals surface area (Å²) in [5, 5.41) is 10.1. The van der Waals surface area contributed by atoms with Gasteiger partial charge in [-0.15, -0.1) is 11.3 Å². The predicted octanol–water partition coefficient (Wildman–Crippen LogP) is 3.71. The molecule has 1 atom stereocenters. The van der Waals surface area contributed by atoms with Gasteiger partial charge in [-0.1, -0.05) is 12.1 Å². The number of aromatic nitrogens is 1. The average molecular weight is 352 g/mol. The Hall–Kier alpha value is -2.73. The lowest BCUT2D eigenvalue weighted by atomic mass is 10.1. The number of carboxylic acids is 1. The number of rotatable bonds is 3. The number of para-hydroxylation sites is 1. The third-order valence-electron chi connectivity index (χ3n) is 4.50. The molecular weight excluding hydrogens is 336 g/mol. The Labute approximate surface area is 148 Å². The molecule has 0 radical (unpaired) electrons. The molecule has 1 N–H and O–H groups in total. The first-order valence-electron chi connectivity index (χ1n) is 8.02. The van der Waals surface area contributed by atoms with Crippen LogP contribution in [0.15, 0.2) is 42.5 Å². The van der Waals surface area contributed by atoms with Crippen LogP contribution in [0.3, 0.4) is 0 Å². The molecular formula is C19H16N2O3S. The van der Waals surface area contributed by atoms with Crippen molar-refractivity contribution in [2.45, 2.75) is 13.3 Å². The van der Waals surface area contributed by atoms with Crippen LogP contribution in [-0.4, -0.2) is 28.5 Å². The van der Waals surface area contributed by atoms with E-state index in [1.807, 2.05) is 49.4 Å². The normalized spacial score (nSPS) is 17.4. The van der Waals surface area contributed by atoms with Crippen LogP contribution in [-0.2, 0) is 9.59 Å². The van der Waals surface area contributed by atoms with Crippen molar-refractivity contribution in [1.82, 2.24) is 4.98 Å². The highest BCUT2D eigenvalue weighted by Gasteiger charge is 2.35. The fraction of sp³-hybridized carbons (Fsp3) is 0.211. The SMILES string of the molecule is Cc1cc(-c2nc3ccccc3s2)ccc1N1CC(C(=O)O)CC1=O. The smallest absolute Gasteiger partial charge is 0.308 e. The summed E-state index contributed by atoms with van der Waals surface area (Å²) in [6.45, 7) is 2.17. The highest BCUT2D eigenvalue weighted by molar-refractivity contribution is 7.21. The van der Waals surface area contributed by atoms with Gasteiger partial charge in [0.05, 0.1) is 16.1 Å². The van der Waals surface area contributed by atoms with Gasteiger partial charge in [-0.3, -0.25) is 9.59 Å². The van der Waals surface area contributed by atoms with Crippen molar-refractivity contribution in [3.8, 4) is 10.6 Å².